The number of nitrogens with zero attached hydrogens (tertiary/aromatic N) is 2. The van der Waals surface area contributed by atoms with Crippen molar-refractivity contribution in [2.45, 2.75) is 12.8 Å². The molecule has 3 atom stereocenters. The highest BCUT2D eigenvalue weighted by Crippen LogP contribution is 2.42. The normalized spacial score (nSPS) is 26.4. The maximum Gasteiger partial charge on any atom is 0.316 e. The van der Waals surface area contributed by atoms with E-state index < -0.39 is 0 Å². The summed E-state index contributed by atoms with van der Waals surface area (Å²) in [5.41, 5.74) is 0. The van der Waals surface area contributed by atoms with Gasteiger partial charge in [-0.3, -0.25) is 4.79 Å². The van der Waals surface area contributed by atoms with Crippen molar-refractivity contribution in [3.05, 3.63) is 35.6 Å². The molecular weight excluding hydrogens is 286 g/mol. The van der Waals surface area contributed by atoms with Gasteiger partial charge in [0.25, 0.3) is 0 Å². The Morgan fingerprint density at radius 2 is 2.38 bits per heavy atom. The van der Waals surface area contributed by atoms with Gasteiger partial charge < -0.3 is 9.84 Å². The molecule has 2 aromatic rings. The molecule has 1 amide bonds. The lowest BCUT2D eigenvalue weighted by Gasteiger charge is -2.17. The molecule has 4 rings (SSSR count). The third-order valence-corrected chi connectivity index (χ3v) is 5.17. The summed E-state index contributed by atoms with van der Waals surface area (Å²) in [6.07, 6.45) is 7.00. The van der Waals surface area contributed by atoms with Gasteiger partial charge in [0.15, 0.2) is 0 Å². The van der Waals surface area contributed by atoms with E-state index in [0.717, 1.165) is 4.88 Å². The fraction of sp³-hybridized carbons (Fsp3) is 0.400. The third kappa shape index (κ3) is 2.40. The molecule has 2 bridgehead atoms. The summed E-state index contributed by atoms with van der Waals surface area (Å²) in [4.78, 5) is 17.1. The highest BCUT2D eigenvalue weighted by molar-refractivity contribution is 7.13. The quantitative estimate of drug-likeness (QED) is 0.882. The second-order valence-corrected chi connectivity index (χ2v) is 6.60. The van der Waals surface area contributed by atoms with Gasteiger partial charge >= 0.3 is 11.8 Å². The zero-order valence-corrected chi connectivity index (χ0v) is 12.2. The fourth-order valence-electron chi connectivity index (χ4n) is 3.25. The van der Waals surface area contributed by atoms with E-state index in [1.165, 1.54) is 24.2 Å². The minimum absolute atomic E-state index is 0.0390. The zero-order chi connectivity index (χ0) is 14.2. The van der Waals surface area contributed by atoms with Crippen molar-refractivity contribution in [2.24, 2.45) is 17.8 Å². The van der Waals surface area contributed by atoms with E-state index >= 15 is 0 Å². The molecule has 0 saturated heterocycles. The Morgan fingerprint density at radius 1 is 1.43 bits per heavy atom. The molecule has 108 valence electrons. The number of thiophene rings is 1. The Morgan fingerprint density at radius 3 is 3.10 bits per heavy atom. The van der Waals surface area contributed by atoms with Gasteiger partial charge in [0.1, 0.15) is 0 Å². The standard InChI is InChI=1S/C15H15N3O2S/c19-14(16-8-11-7-9-3-4-10(11)6-9)15-17-13(18-20-15)12-2-1-5-21-12/h1-5,9-11H,6-8H2,(H,16,19). The zero-order valence-electron chi connectivity index (χ0n) is 11.4. The summed E-state index contributed by atoms with van der Waals surface area (Å²) in [5, 5.41) is 8.71. The van der Waals surface area contributed by atoms with Gasteiger partial charge in [-0.15, -0.1) is 11.3 Å². The molecule has 5 nitrogen and oxygen atoms in total. The van der Waals surface area contributed by atoms with E-state index in [1.807, 2.05) is 17.5 Å². The van der Waals surface area contributed by atoms with E-state index in [0.29, 0.717) is 30.1 Å². The van der Waals surface area contributed by atoms with Crippen LogP contribution in [0.4, 0.5) is 0 Å². The molecular formula is C15H15N3O2S. The monoisotopic (exact) mass is 301 g/mol. The molecule has 21 heavy (non-hydrogen) atoms. The van der Waals surface area contributed by atoms with Crippen LogP contribution < -0.4 is 5.32 Å². The third-order valence-electron chi connectivity index (χ3n) is 4.30. The summed E-state index contributed by atoms with van der Waals surface area (Å²) < 4.78 is 5.05. The van der Waals surface area contributed by atoms with Crippen LogP contribution >= 0.6 is 11.3 Å². The van der Waals surface area contributed by atoms with Gasteiger partial charge in [-0.25, -0.2) is 0 Å². The summed E-state index contributed by atoms with van der Waals surface area (Å²) in [6, 6.07) is 3.82. The predicted molar refractivity (Wildman–Crippen MR) is 78.8 cm³/mol. The largest absolute Gasteiger partial charge is 0.348 e. The first-order valence-electron chi connectivity index (χ1n) is 7.13. The molecule has 0 aromatic carbocycles. The van der Waals surface area contributed by atoms with Crippen LogP contribution in [0.2, 0.25) is 0 Å². The number of hydrogen-bond acceptors (Lipinski definition) is 5. The van der Waals surface area contributed by atoms with Gasteiger partial charge in [-0.1, -0.05) is 23.4 Å². The Balaban J connectivity index is 1.38. The number of carbonyl (C=O) groups is 1. The first-order chi connectivity index (χ1) is 10.3. The second kappa shape index (κ2) is 5.11. The molecule has 0 aliphatic heterocycles. The van der Waals surface area contributed by atoms with E-state index in [4.69, 9.17) is 4.52 Å². The van der Waals surface area contributed by atoms with Crippen LogP contribution in [0.5, 0.6) is 0 Å². The Kier molecular flexibility index (Phi) is 3.11. The topological polar surface area (TPSA) is 68.0 Å². The summed E-state index contributed by atoms with van der Waals surface area (Å²) >= 11 is 1.52. The number of hydrogen-bond donors (Lipinski definition) is 1. The van der Waals surface area contributed by atoms with Crippen LogP contribution in [-0.4, -0.2) is 22.6 Å². The number of rotatable bonds is 4. The molecule has 2 heterocycles. The number of nitrogens with one attached hydrogen (secondary N) is 1. The Bertz CT molecular complexity index is 677. The maximum atomic E-state index is 12.1. The SMILES string of the molecule is O=C(NCC1CC2C=CC1C2)c1nc(-c2cccs2)no1. The average molecular weight is 301 g/mol. The highest BCUT2D eigenvalue weighted by Gasteiger charge is 2.35. The van der Waals surface area contributed by atoms with Crippen molar-refractivity contribution in [1.29, 1.82) is 0 Å². The highest BCUT2D eigenvalue weighted by atomic mass is 32.1. The van der Waals surface area contributed by atoms with Crippen molar-refractivity contribution in [3.8, 4) is 10.7 Å². The van der Waals surface area contributed by atoms with Gasteiger partial charge in [0.2, 0.25) is 5.82 Å². The summed E-state index contributed by atoms with van der Waals surface area (Å²) in [7, 11) is 0. The van der Waals surface area contributed by atoms with Crippen molar-refractivity contribution in [2.75, 3.05) is 6.54 Å². The molecule has 1 fully saturated rings. The minimum Gasteiger partial charge on any atom is -0.348 e. The van der Waals surface area contributed by atoms with Gasteiger partial charge in [0.05, 0.1) is 4.88 Å². The Labute approximate surface area is 126 Å². The van der Waals surface area contributed by atoms with Crippen molar-refractivity contribution < 1.29 is 9.32 Å². The van der Waals surface area contributed by atoms with Gasteiger partial charge in [-0.05, 0) is 42.0 Å². The summed E-state index contributed by atoms with van der Waals surface area (Å²) in [6.45, 7) is 0.682. The van der Waals surface area contributed by atoms with Crippen LogP contribution in [0.15, 0.2) is 34.2 Å². The van der Waals surface area contributed by atoms with Crippen LogP contribution in [0.25, 0.3) is 10.7 Å². The van der Waals surface area contributed by atoms with Crippen LogP contribution in [0.3, 0.4) is 0 Å². The van der Waals surface area contributed by atoms with Crippen LogP contribution in [0.1, 0.15) is 23.5 Å². The lowest BCUT2D eigenvalue weighted by atomic mass is 9.94. The lowest BCUT2D eigenvalue weighted by molar-refractivity contribution is 0.0901. The first-order valence-corrected chi connectivity index (χ1v) is 8.01. The number of allylic oxidation sites excluding steroid dienone is 2. The van der Waals surface area contributed by atoms with E-state index in [9.17, 15) is 4.79 Å². The molecule has 1 N–H and O–H groups in total. The van der Waals surface area contributed by atoms with Gasteiger partial charge in [0, 0.05) is 6.54 Å². The molecule has 6 heteroatoms. The predicted octanol–water partition coefficient (Wildman–Crippen LogP) is 2.74. The Hall–Kier alpha value is -1.95. The van der Waals surface area contributed by atoms with E-state index in [2.05, 4.69) is 27.6 Å². The van der Waals surface area contributed by atoms with E-state index in [1.54, 1.807) is 0 Å². The van der Waals surface area contributed by atoms with Crippen LogP contribution in [0, 0.1) is 17.8 Å². The number of aromatic nitrogens is 2. The van der Waals surface area contributed by atoms with E-state index in [-0.39, 0.29) is 11.8 Å². The fourth-order valence-corrected chi connectivity index (χ4v) is 3.90. The molecule has 2 aliphatic rings. The van der Waals surface area contributed by atoms with Crippen molar-refractivity contribution >= 4 is 17.2 Å². The molecule has 3 unspecified atom stereocenters. The second-order valence-electron chi connectivity index (χ2n) is 5.65. The number of amides is 1. The minimum atomic E-state index is -0.281. The average Bonchev–Trinajstić information content (AvgIpc) is 3.28. The lowest BCUT2D eigenvalue weighted by Crippen LogP contribution is -2.31. The number of carbonyl (C=O) groups excluding carboxylic acids is 1. The summed E-state index contributed by atoms with van der Waals surface area (Å²) in [5.74, 6) is 2.11. The van der Waals surface area contributed by atoms with Crippen molar-refractivity contribution in [1.82, 2.24) is 15.5 Å². The molecule has 2 aromatic heterocycles. The number of fused-ring (bicyclic) bond motifs is 2. The first kappa shape index (κ1) is 12.8. The molecule has 2 aliphatic carbocycles. The molecule has 0 radical (unpaired) electrons. The smallest absolute Gasteiger partial charge is 0.316 e. The molecule has 1 saturated carbocycles. The molecule has 0 spiro atoms. The van der Waals surface area contributed by atoms with Gasteiger partial charge in [-0.2, -0.15) is 4.98 Å². The van der Waals surface area contributed by atoms with Crippen molar-refractivity contribution in [3.63, 3.8) is 0 Å². The van der Waals surface area contributed by atoms with Crippen LogP contribution in [-0.2, 0) is 0 Å². The maximum absolute atomic E-state index is 12.1.